The molecule has 0 bridgehead atoms. The number of benzene rings is 1. The van der Waals surface area contributed by atoms with E-state index in [1.165, 1.54) is 0 Å². The molecule has 1 aliphatic rings. The molecular formula is C16H20N4O. The van der Waals surface area contributed by atoms with Gasteiger partial charge in [0.15, 0.2) is 0 Å². The van der Waals surface area contributed by atoms with Crippen LogP contribution >= 0.6 is 0 Å². The van der Waals surface area contributed by atoms with Gasteiger partial charge in [-0.3, -0.25) is 0 Å². The number of para-hydroxylation sites is 1. The van der Waals surface area contributed by atoms with Crippen LogP contribution in [0.4, 0.5) is 0 Å². The highest BCUT2D eigenvalue weighted by Gasteiger charge is 2.18. The maximum absolute atomic E-state index is 5.33. The van der Waals surface area contributed by atoms with Crippen molar-refractivity contribution in [2.24, 2.45) is 0 Å². The zero-order chi connectivity index (χ0) is 14.5. The monoisotopic (exact) mass is 284 g/mol. The molecule has 1 unspecified atom stereocenters. The molecule has 1 aromatic heterocycles. The molecule has 0 aliphatic carbocycles. The Morgan fingerprint density at radius 3 is 3.24 bits per heavy atom. The molecule has 21 heavy (non-hydrogen) atoms. The molecule has 2 heterocycles. The van der Waals surface area contributed by atoms with Crippen LogP contribution in [0.2, 0.25) is 0 Å². The SMILES string of the molecule is COc1ccccc1/C=C/CNC1CCc2ncnn2C1. The first-order chi connectivity index (χ1) is 10.4. The molecule has 0 saturated carbocycles. The normalized spacial score (nSPS) is 17.9. The third-order valence-corrected chi connectivity index (χ3v) is 3.77. The molecule has 1 aromatic carbocycles. The van der Waals surface area contributed by atoms with Crippen molar-refractivity contribution < 1.29 is 4.74 Å². The smallest absolute Gasteiger partial charge is 0.138 e. The van der Waals surface area contributed by atoms with Gasteiger partial charge in [-0.1, -0.05) is 30.4 Å². The lowest BCUT2D eigenvalue weighted by molar-refractivity contribution is 0.369. The zero-order valence-electron chi connectivity index (χ0n) is 12.2. The fraction of sp³-hybridized carbons (Fsp3) is 0.375. The van der Waals surface area contributed by atoms with Gasteiger partial charge < -0.3 is 10.1 Å². The zero-order valence-corrected chi connectivity index (χ0v) is 12.2. The van der Waals surface area contributed by atoms with E-state index in [2.05, 4.69) is 33.6 Å². The van der Waals surface area contributed by atoms with E-state index in [-0.39, 0.29) is 0 Å². The molecule has 5 heteroatoms. The fourth-order valence-electron chi connectivity index (χ4n) is 2.63. The summed E-state index contributed by atoms with van der Waals surface area (Å²) in [7, 11) is 1.70. The first-order valence-corrected chi connectivity index (χ1v) is 7.26. The summed E-state index contributed by atoms with van der Waals surface area (Å²) in [5.41, 5.74) is 1.10. The van der Waals surface area contributed by atoms with Crippen molar-refractivity contribution in [1.29, 1.82) is 0 Å². The molecule has 0 amide bonds. The minimum Gasteiger partial charge on any atom is -0.496 e. The minimum absolute atomic E-state index is 0.460. The lowest BCUT2D eigenvalue weighted by Gasteiger charge is -2.23. The Balaban J connectivity index is 1.51. The molecule has 110 valence electrons. The van der Waals surface area contributed by atoms with Crippen LogP contribution in [-0.4, -0.2) is 34.5 Å². The Bertz CT molecular complexity index is 620. The Hall–Kier alpha value is -2.14. The van der Waals surface area contributed by atoms with Gasteiger partial charge in [0.1, 0.15) is 17.9 Å². The first-order valence-electron chi connectivity index (χ1n) is 7.26. The van der Waals surface area contributed by atoms with Crippen molar-refractivity contribution in [3.8, 4) is 5.75 Å². The van der Waals surface area contributed by atoms with Crippen molar-refractivity contribution in [2.75, 3.05) is 13.7 Å². The van der Waals surface area contributed by atoms with E-state index in [9.17, 15) is 0 Å². The summed E-state index contributed by atoms with van der Waals surface area (Å²) in [6.07, 6.45) is 7.97. The maximum Gasteiger partial charge on any atom is 0.138 e. The number of fused-ring (bicyclic) bond motifs is 1. The second kappa shape index (κ2) is 6.54. The Morgan fingerprint density at radius 1 is 1.43 bits per heavy atom. The number of hydrogen-bond donors (Lipinski definition) is 1. The fourth-order valence-corrected chi connectivity index (χ4v) is 2.63. The lowest BCUT2D eigenvalue weighted by atomic mass is 10.1. The van der Waals surface area contributed by atoms with Crippen molar-refractivity contribution in [3.63, 3.8) is 0 Å². The van der Waals surface area contributed by atoms with Crippen molar-refractivity contribution in [2.45, 2.75) is 25.4 Å². The summed E-state index contributed by atoms with van der Waals surface area (Å²) in [6.45, 7) is 1.74. The molecule has 0 saturated heterocycles. The van der Waals surface area contributed by atoms with Crippen LogP contribution in [0.15, 0.2) is 36.7 Å². The van der Waals surface area contributed by atoms with Gasteiger partial charge in [-0.05, 0) is 12.5 Å². The van der Waals surface area contributed by atoms with Gasteiger partial charge in [0.2, 0.25) is 0 Å². The number of aryl methyl sites for hydroxylation is 1. The van der Waals surface area contributed by atoms with Crippen LogP contribution < -0.4 is 10.1 Å². The predicted octanol–water partition coefficient (Wildman–Crippen LogP) is 1.90. The van der Waals surface area contributed by atoms with E-state index in [4.69, 9.17) is 4.74 Å². The van der Waals surface area contributed by atoms with Crippen LogP contribution in [0.25, 0.3) is 6.08 Å². The number of rotatable bonds is 5. The average Bonchev–Trinajstić information content (AvgIpc) is 2.99. The summed E-state index contributed by atoms with van der Waals surface area (Å²) in [5.74, 6) is 2.00. The van der Waals surface area contributed by atoms with E-state index >= 15 is 0 Å². The first kappa shape index (κ1) is 13.8. The Labute approximate surface area is 124 Å². The second-order valence-corrected chi connectivity index (χ2v) is 5.15. The number of ether oxygens (including phenoxy) is 1. The molecule has 0 radical (unpaired) electrons. The van der Waals surface area contributed by atoms with E-state index in [0.29, 0.717) is 6.04 Å². The van der Waals surface area contributed by atoms with Crippen molar-refractivity contribution in [1.82, 2.24) is 20.1 Å². The van der Waals surface area contributed by atoms with E-state index in [1.54, 1.807) is 13.4 Å². The predicted molar refractivity (Wildman–Crippen MR) is 82.2 cm³/mol. The Morgan fingerprint density at radius 2 is 2.33 bits per heavy atom. The highest BCUT2D eigenvalue weighted by molar-refractivity contribution is 5.57. The maximum atomic E-state index is 5.33. The number of aromatic nitrogens is 3. The molecule has 0 spiro atoms. The summed E-state index contributed by atoms with van der Waals surface area (Å²) >= 11 is 0. The number of nitrogens with zero attached hydrogens (tertiary/aromatic N) is 3. The summed E-state index contributed by atoms with van der Waals surface area (Å²) in [4.78, 5) is 4.24. The quantitative estimate of drug-likeness (QED) is 0.911. The van der Waals surface area contributed by atoms with Crippen LogP contribution in [0.1, 0.15) is 17.8 Å². The largest absolute Gasteiger partial charge is 0.496 e. The third-order valence-electron chi connectivity index (χ3n) is 3.77. The third kappa shape index (κ3) is 3.31. The summed E-state index contributed by atoms with van der Waals surface area (Å²) in [5, 5.41) is 7.78. The minimum atomic E-state index is 0.460. The van der Waals surface area contributed by atoms with E-state index in [1.807, 2.05) is 22.9 Å². The topological polar surface area (TPSA) is 52.0 Å². The Kier molecular flexibility index (Phi) is 4.31. The number of nitrogens with one attached hydrogen (secondary N) is 1. The molecule has 0 fully saturated rings. The molecule has 5 nitrogen and oxygen atoms in total. The van der Waals surface area contributed by atoms with Crippen LogP contribution in [0.5, 0.6) is 5.75 Å². The van der Waals surface area contributed by atoms with Gasteiger partial charge in [0, 0.05) is 24.6 Å². The molecule has 3 rings (SSSR count). The highest BCUT2D eigenvalue weighted by Crippen LogP contribution is 2.18. The summed E-state index contributed by atoms with van der Waals surface area (Å²) in [6, 6.07) is 8.48. The lowest BCUT2D eigenvalue weighted by Crippen LogP contribution is -2.37. The second-order valence-electron chi connectivity index (χ2n) is 5.15. The highest BCUT2D eigenvalue weighted by atomic mass is 16.5. The average molecular weight is 284 g/mol. The van der Waals surface area contributed by atoms with Gasteiger partial charge >= 0.3 is 0 Å². The van der Waals surface area contributed by atoms with E-state index < -0.39 is 0 Å². The van der Waals surface area contributed by atoms with E-state index in [0.717, 1.165) is 43.1 Å². The van der Waals surface area contributed by atoms with Crippen molar-refractivity contribution >= 4 is 6.08 Å². The standard InChI is InChI=1S/C16H20N4O/c1-21-15-7-3-2-5-13(15)6-4-10-17-14-8-9-16-18-12-19-20(16)11-14/h2-7,12,14,17H,8-11H2,1H3/b6-4+. The van der Waals surface area contributed by atoms with Crippen LogP contribution in [0, 0.1) is 0 Å². The van der Waals surface area contributed by atoms with Crippen LogP contribution in [-0.2, 0) is 13.0 Å². The van der Waals surface area contributed by atoms with Crippen molar-refractivity contribution in [3.05, 3.63) is 48.1 Å². The van der Waals surface area contributed by atoms with Gasteiger partial charge in [-0.2, -0.15) is 5.10 Å². The molecule has 1 N–H and O–H groups in total. The van der Waals surface area contributed by atoms with Gasteiger partial charge in [-0.15, -0.1) is 0 Å². The number of methoxy groups -OCH3 is 1. The van der Waals surface area contributed by atoms with Crippen LogP contribution in [0.3, 0.4) is 0 Å². The number of hydrogen-bond acceptors (Lipinski definition) is 4. The molecular weight excluding hydrogens is 264 g/mol. The van der Waals surface area contributed by atoms with Gasteiger partial charge in [0.25, 0.3) is 0 Å². The summed E-state index contributed by atoms with van der Waals surface area (Å²) < 4.78 is 7.32. The molecule has 1 atom stereocenters. The molecule has 2 aromatic rings. The van der Waals surface area contributed by atoms with Gasteiger partial charge in [-0.25, -0.2) is 9.67 Å². The molecule has 1 aliphatic heterocycles. The van der Waals surface area contributed by atoms with Gasteiger partial charge in [0.05, 0.1) is 13.7 Å².